The Morgan fingerprint density at radius 1 is 1.00 bits per heavy atom. The predicted molar refractivity (Wildman–Crippen MR) is 116 cm³/mol. The molecule has 1 aliphatic rings. The molecule has 0 aliphatic heterocycles. The Kier molecular flexibility index (Phi) is 7.28. The Bertz CT molecular complexity index is 824. The second-order valence-corrected chi connectivity index (χ2v) is 7.94. The quantitative estimate of drug-likeness (QED) is 0.649. The lowest BCUT2D eigenvalue weighted by Gasteiger charge is -2.14. The molecule has 0 unspecified atom stereocenters. The van der Waals surface area contributed by atoms with Crippen molar-refractivity contribution >= 4 is 23.2 Å². The molecule has 0 heterocycles. The molecule has 0 saturated heterocycles. The van der Waals surface area contributed by atoms with Gasteiger partial charge in [0.15, 0.2) is 0 Å². The van der Waals surface area contributed by atoms with Crippen LogP contribution in [-0.4, -0.2) is 17.9 Å². The largest absolute Gasteiger partial charge is 0.490 e. The Morgan fingerprint density at radius 3 is 2.31 bits per heavy atom. The molecule has 2 aromatic rings. The fraction of sp³-hybridized carbons (Fsp3) is 0.417. The summed E-state index contributed by atoms with van der Waals surface area (Å²) in [5.41, 5.74) is 2.54. The molecule has 2 amide bonds. The summed E-state index contributed by atoms with van der Waals surface area (Å²) in [6.07, 6.45) is 6.15. The number of carbonyl (C=O) groups is 2. The van der Waals surface area contributed by atoms with Crippen molar-refractivity contribution in [3.05, 3.63) is 54.1 Å². The SMILES string of the molecule is CC(C)C(=O)Nc1ccc(NC(=O)CCc2cccc(OC3CCCC3)c2)cc1. The molecule has 154 valence electrons. The summed E-state index contributed by atoms with van der Waals surface area (Å²) in [7, 11) is 0. The van der Waals surface area contributed by atoms with Gasteiger partial charge in [-0.25, -0.2) is 0 Å². The van der Waals surface area contributed by atoms with Gasteiger partial charge in [-0.05, 0) is 74.1 Å². The number of ether oxygens (including phenoxy) is 1. The van der Waals surface area contributed by atoms with Gasteiger partial charge in [0.1, 0.15) is 5.75 Å². The molecule has 1 fully saturated rings. The fourth-order valence-electron chi connectivity index (χ4n) is 3.38. The van der Waals surface area contributed by atoms with E-state index in [-0.39, 0.29) is 17.7 Å². The van der Waals surface area contributed by atoms with E-state index in [1.807, 2.05) is 38.1 Å². The van der Waals surface area contributed by atoms with Crippen molar-refractivity contribution in [3.63, 3.8) is 0 Å². The standard InChI is InChI=1S/C24H30N2O3/c1-17(2)24(28)26-20-13-11-19(12-14-20)25-23(27)15-10-18-6-5-9-22(16-18)29-21-7-3-4-8-21/h5-6,9,11-14,16-17,21H,3-4,7-8,10,15H2,1-2H3,(H,25,27)(H,26,28). The smallest absolute Gasteiger partial charge is 0.226 e. The van der Waals surface area contributed by atoms with Gasteiger partial charge in [-0.2, -0.15) is 0 Å². The minimum Gasteiger partial charge on any atom is -0.490 e. The molecule has 0 spiro atoms. The second-order valence-electron chi connectivity index (χ2n) is 7.94. The van der Waals surface area contributed by atoms with Crippen molar-refractivity contribution < 1.29 is 14.3 Å². The second kappa shape index (κ2) is 10.1. The van der Waals surface area contributed by atoms with Gasteiger partial charge in [-0.15, -0.1) is 0 Å². The van der Waals surface area contributed by atoms with Crippen LogP contribution in [0.25, 0.3) is 0 Å². The lowest BCUT2D eigenvalue weighted by Crippen LogP contribution is -2.17. The molecule has 0 aromatic heterocycles. The van der Waals surface area contributed by atoms with Crippen molar-refractivity contribution in [2.45, 2.75) is 58.5 Å². The lowest BCUT2D eigenvalue weighted by atomic mass is 10.1. The number of anilines is 2. The first kappa shape index (κ1) is 20.9. The van der Waals surface area contributed by atoms with Gasteiger partial charge in [0.05, 0.1) is 6.10 Å². The summed E-state index contributed by atoms with van der Waals surface area (Å²) >= 11 is 0. The fourth-order valence-corrected chi connectivity index (χ4v) is 3.38. The highest BCUT2D eigenvalue weighted by Crippen LogP contribution is 2.25. The van der Waals surface area contributed by atoms with E-state index >= 15 is 0 Å². The summed E-state index contributed by atoms with van der Waals surface area (Å²) in [6.45, 7) is 3.70. The Hall–Kier alpha value is -2.82. The zero-order chi connectivity index (χ0) is 20.6. The van der Waals surface area contributed by atoms with E-state index in [4.69, 9.17) is 4.74 Å². The number of aryl methyl sites for hydroxylation is 1. The minimum absolute atomic E-state index is 0.0269. The van der Waals surface area contributed by atoms with Crippen LogP contribution in [0.5, 0.6) is 5.75 Å². The highest BCUT2D eigenvalue weighted by molar-refractivity contribution is 5.93. The highest BCUT2D eigenvalue weighted by Gasteiger charge is 2.16. The van der Waals surface area contributed by atoms with Crippen molar-refractivity contribution in [3.8, 4) is 5.75 Å². The molecule has 0 radical (unpaired) electrons. The number of hydrogen-bond acceptors (Lipinski definition) is 3. The van der Waals surface area contributed by atoms with Gasteiger partial charge < -0.3 is 15.4 Å². The summed E-state index contributed by atoms with van der Waals surface area (Å²) in [5.74, 6) is 0.761. The molecule has 0 atom stereocenters. The summed E-state index contributed by atoms with van der Waals surface area (Å²) < 4.78 is 6.04. The van der Waals surface area contributed by atoms with Crippen molar-refractivity contribution in [2.24, 2.45) is 5.92 Å². The van der Waals surface area contributed by atoms with Gasteiger partial charge in [0.25, 0.3) is 0 Å². The average molecular weight is 395 g/mol. The third-order valence-corrected chi connectivity index (χ3v) is 5.10. The lowest BCUT2D eigenvalue weighted by molar-refractivity contribution is -0.119. The summed E-state index contributed by atoms with van der Waals surface area (Å²) in [6, 6.07) is 15.2. The van der Waals surface area contributed by atoms with Crippen molar-refractivity contribution in [1.82, 2.24) is 0 Å². The third kappa shape index (κ3) is 6.63. The van der Waals surface area contributed by atoms with Crippen LogP contribution < -0.4 is 15.4 Å². The normalized spacial score (nSPS) is 14.0. The van der Waals surface area contributed by atoms with Crippen LogP contribution in [0, 0.1) is 5.92 Å². The molecule has 5 nitrogen and oxygen atoms in total. The zero-order valence-electron chi connectivity index (χ0n) is 17.2. The number of hydrogen-bond donors (Lipinski definition) is 2. The topological polar surface area (TPSA) is 67.4 Å². The molecule has 0 bridgehead atoms. The van der Waals surface area contributed by atoms with E-state index in [9.17, 15) is 9.59 Å². The monoisotopic (exact) mass is 394 g/mol. The van der Waals surface area contributed by atoms with Crippen LogP contribution in [0.1, 0.15) is 51.5 Å². The van der Waals surface area contributed by atoms with Crippen LogP contribution in [0.2, 0.25) is 0 Å². The van der Waals surface area contributed by atoms with Crippen LogP contribution in [0.4, 0.5) is 11.4 Å². The molecule has 1 saturated carbocycles. The summed E-state index contributed by atoms with van der Waals surface area (Å²) in [4.78, 5) is 24.0. The van der Waals surface area contributed by atoms with Gasteiger partial charge in [-0.3, -0.25) is 9.59 Å². The summed E-state index contributed by atoms with van der Waals surface area (Å²) in [5, 5.41) is 5.74. The van der Waals surface area contributed by atoms with E-state index in [2.05, 4.69) is 10.6 Å². The maximum Gasteiger partial charge on any atom is 0.226 e. The number of rotatable bonds is 8. The van der Waals surface area contributed by atoms with Crippen LogP contribution in [0.15, 0.2) is 48.5 Å². The minimum atomic E-state index is -0.0727. The van der Waals surface area contributed by atoms with Crippen molar-refractivity contribution in [1.29, 1.82) is 0 Å². The first-order valence-corrected chi connectivity index (χ1v) is 10.5. The first-order valence-electron chi connectivity index (χ1n) is 10.5. The number of carbonyl (C=O) groups excluding carboxylic acids is 2. The first-order chi connectivity index (χ1) is 14.0. The predicted octanol–water partition coefficient (Wildman–Crippen LogP) is 5.17. The van der Waals surface area contributed by atoms with E-state index in [0.717, 1.165) is 35.5 Å². The molecule has 29 heavy (non-hydrogen) atoms. The molecular weight excluding hydrogens is 364 g/mol. The maximum atomic E-state index is 12.3. The molecule has 1 aliphatic carbocycles. The van der Waals surface area contributed by atoms with E-state index in [0.29, 0.717) is 18.9 Å². The Morgan fingerprint density at radius 2 is 1.66 bits per heavy atom. The Labute approximate surface area is 172 Å². The number of nitrogens with one attached hydrogen (secondary N) is 2. The number of benzene rings is 2. The van der Waals surface area contributed by atoms with Gasteiger partial charge >= 0.3 is 0 Å². The van der Waals surface area contributed by atoms with E-state index in [1.54, 1.807) is 24.3 Å². The molecule has 2 aromatic carbocycles. The molecule has 5 heteroatoms. The Balaban J connectivity index is 1.46. The molecular formula is C24H30N2O3. The third-order valence-electron chi connectivity index (χ3n) is 5.10. The van der Waals surface area contributed by atoms with E-state index in [1.165, 1.54) is 12.8 Å². The molecule has 3 rings (SSSR count). The highest BCUT2D eigenvalue weighted by atomic mass is 16.5. The number of amides is 2. The van der Waals surface area contributed by atoms with E-state index < -0.39 is 0 Å². The van der Waals surface area contributed by atoms with Gasteiger partial charge in [0.2, 0.25) is 11.8 Å². The molecule has 2 N–H and O–H groups in total. The van der Waals surface area contributed by atoms with Crippen molar-refractivity contribution in [2.75, 3.05) is 10.6 Å². The van der Waals surface area contributed by atoms with Crippen LogP contribution in [-0.2, 0) is 16.0 Å². The van der Waals surface area contributed by atoms with Gasteiger partial charge in [0, 0.05) is 23.7 Å². The maximum absolute atomic E-state index is 12.3. The zero-order valence-corrected chi connectivity index (χ0v) is 17.2. The van der Waals surface area contributed by atoms with Crippen LogP contribution >= 0.6 is 0 Å². The van der Waals surface area contributed by atoms with Crippen LogP contribution in [0.3, 0.4) is 0 Å². The van der Waals surface area contributed by atoms with Gasteiger partial charge in [-0.1, -0.05) is 26.0 Å². The average Bonchev–Trinajstić information content (AvgIpc) is 3.21.